The van der Waals surface area contributed by atoms with Crippen LogP contribution in [0.4, 0.5) is 4.39 Å². The third-order valence-electron chi connectivity index (χ3n) is 5.23. The van der Waals surface area contributed by atoms with E-state index in [9.17, 15) is 23.7 Å². The van der Waals surface area contributed by atoms with E-state index in [1.165, 1.54) is 24.3 Å². The molecule has 0 spiro atoms. The lowest BCUT2D eigenvalue weighted by Crippen LogP contribution is -2.27. The lowest BCUT2D eigenvalue weighted by molar-refractivity contribution is -0.136. The second-order valence-electron chi connectivity index (χ2n) is 8.03. The molecule has 3 aromatic rings. The van der Waals surface area contributed by atoms with Crippen molar-refractivity contribution in [3.05, 3.63) is 72.0 Å². The van der Waals surface area contributed by atoms with E-state index in [0.29, 0.717) is 22.5 Å². The molecule has 1 aromatic heterocycles. The van der Waals surface area contributed by atoms with Gasteiger partial charge >= 0.3 is 5.97 Å². The number of rotatable bonds is 8. The van der Waals surface area contributed by atoms with Crippen molar-refractivity contribution in [3.63, 3.8) is 0 Å². The van der Waals surface area contributed by atoms with Gasteiger partial charge in [-0.1, -0.05) is 50.1 Å². The molecule has 3 unspecified atom stereocenters. The van der Waals surface area contributed by atoms with Crippen LogP contribution in [0.25, 0.3) is 22.5 Å². The average molecular weight is 481 g/mol. The van der Waals surface area contributed by atoms with Crippen LogP contribution in [0, 0.1) is 18.2 Å². The smallest absolute Gasteiger partial charge is 0.313 e. The molecule has 0 saturated carbocycles. The van der Waals surface area contributed by atoms with Crippen molar-refractivity contribution in [1.29, 1.82) is 0 Å². The maximum absolute atomic E-state index is 13.6. The Kier molecular flexibility index (Phi) is 8.36. The Balaban J connectivity index is 2.09. The number of ether oxygens (including phenoxy) is 1. The average Bonchev–Trinajstić information content (AvgIpc) is 2.80. The van der Waals surface area contributed by atoms with Gasteiger partial charge in [0.1, 0.15) is 17.2 Å². The number of aliphatic hydroxyl groups excluding tert-OH is 1. The number of benzene rings is 2. The standard InChI is InChI=1S/C26H25FNO5P/c1-4-23(34(31)32)22(29)15-24(30)33-26-20(16(2)3)14-21(17-8-6-5-7-9-17)28-25(26)18-10-12-19(27)13-11-18/h1,5-14,16,22-23,29,34H,15H2,2-3H3,(H,31,32). The minimum Gasteiger partial charge on any atom is -0.424 e. The van der Waals surface area contributed by atoms with Crippen LogP contribution >= 0.6 is 8.03 Å². The predicted molar refractivity (Wildman–Crippen MR) is 129 cm³/mol. The summed E-state index contributed by atoms with van der Waals surface area (Å²) in [4.78, 5) is 26.7. The van der Waals surface area contributed by atoms with Gasteiger partial charge in [-0.05, 0) is 36.2 Å². The van der Waals surface area contributed by atoms with Crippen molar-refractivity contribution in [1.82, 2.24) is 4.98 Å². The lowest BCUT2D eigenvalue weighted by Gasteiger charge is -2.20. The molecule has 0 saturated heterocycles. The Labute approximate surface area is 198 Å². The molecule has 2 aromatic carbocycles. The van der Waals surface area contributed by atoms with Crippen molar-refractivity contribution < 1.29 is 28.5 Å². The molecule has 0 radical (unpaired) electrons. The number of carbonyl (C=O) groups is 1. The van der Waals surface area contributed by atoms with Crippen LogP contribution in [-0.4, -0.2) is 32.7 Å². The summed E-state index contributed by atoms with van der Waals surface area (Å²) in [5.74, 6) is 0.880. The highest BCUT2D eigenvalue weighted by atomic mass is 31.1. The third kappa shape index (κ3) is 5.98. The number of terminal acetylenes is 1. The van der Waals surface area contributed by atoms with Gasteiger partial charge in [0, 0.05) is 16.7 Å². The number of hydrogen-bond acceptors (Lipinski definition) is 5. The van der Waals surface area contributed by atoms with Crippen LogP contribution < -0.4 is 4.74 Å². The third-order valence-corrected chi connectivity index (χ3v) is 6.32. The van der Waals surface area contributed by atoms with E-state index in [2.05, 4.69) is 0 Å². The van der Waals surface area contributed by atoms with E-state index in [-0.39, 0.29) is 11.7 Å². The normalized spacial score (nSPS) is 13.7. The summed E-state index contributed by atoms with van der Waals surface area (Å²) in [5.41, 5.74) is 1.68. The van der Waals surface area contributed by atoms with E-state index in [0.717, 1.165) is 5.56 Å². The van der Waals surface area contributed by atoms with Crippen LogP contribution in [0.15, 0.2) is 60.7 Å². The number of hydrogen-bond donors (Lipinski definition) is 2. The van der Waals surface area contributed by atoms with Gasteiger partial charge in [-0.2, -0.15) is 0 Å². The summed E-state index contributed by atoms with van der Waals surface area (Å²) in [5, 5.41) is 10.2. The molecule has 0 aliphatic carbocycles. The van der Waals surface area contributed by atoms with Crippen LogP contribution in [0.3, 0.4) is 0 Å². The van der Waals surface area contributed by atoms with Crippen LogP contribution in [0.5, 0.6) is 5.75 Å². The zero-order valence-electron chi connectivity index (χ0n) is 18.7. The zero-order valence-corrected chi connectivity index (χ0v) is 19.7. The second kappa shape index (κ2) is 11.2. The first-order valence-electron chi connectivity index (χ1n) is 10.6. The molecule has 3 rings (SSSR count). The number of pyridine rings is 1. The molecule has 1 heterocycles. The minimum atomic E-state index is -3.24. The maximum atomic E-state index is 13.6. The topological polar surface area (TPSA) is 96.7 Å². The van der Waals surface area contributed by atoms with E-state index in [4.69, 9.17) is 16.1 Å². The summed E-state index contributed by atoms with van der Waals surface area (Å²) in [6, 6.07) is 16.9. The molecule has 0 bridgehead atoms. The maximum Gasteiger partial charge on any atom is 0.313 e. The van der Waals surface area contributed by atoms with E-state index < -0.39 is 38.0 Å². The molecular weight excluding hydrogens is 456 g/mol. The number of esters is 1. The highest BCUT2D eigenvalue weighted by Crippen LogP contribution is 2.39. The fourth-order valence-electron chi connectivity index (χ4n) is 3.44. The predicted octanol–water partition coefficient (Wildman–Crippen LogP) is 4.80. The molecule has 176 valence electrons. The first-order valence-corrected chi connectivity index (χ1v) is 12.1. The minimum absolute atomic E-state index is 0.0789. The molecule has 8 heteroatoms. The highest BCUT2D eigenvalue weighted by Gasteiger charge is 2.27. The Hall–Kier alpha value is -3.30. The van der Waals surface area contributed by atoms with Crippen molar-refractivity contribution in [2.24, 2.45) is 0 Å². The van der Waals surface area contributed by atoms with Gasteiger partial charge in [-0.15, -0.1) is 6.42 Å². The van der Waals surface area contributed by atoms with Crippen LogP contribution in [0.1, 0.15) is 31.7 Å². The summed E-state index contributed by atoms with van der Waals surface area (Å²) in [6.45, 7) is 3.86. The molecule has 6 nitrogen and oxygen atoms in total. The Bertz CT molecular complexity index is 1220. The van der Waals surface area contributed by atoms with Crippen LogP contribution in [-0.2, 0) is 9.36 Å². The number of carbonyl (C=O) groups excluding carboxylic acids is 1. The Morgan fingerprint density at radius 3 is 2.35 bits per heavy atom. The molecule has 0 fully saturated rings. The molecule has 34 heavy (non-hydrogen) atoms. The van der Waals surface area contributed by atoms with Gasteiger partial charge in [0.15, 0.2) is 5.75 Å². The van der Waals surface area contributed by atoms with Crippen molar-refractivity contribution in [3.8, 4) is 40.6 Å². The van der Waals surface area contributed by atoms with Crippen molar-refractivity contribution in [2.75, 3.05) is 0 Å². The van der Waals surface area contributed by atoms with Crippen LogP contribution in [0.2, 0.25) is 0 Å². The molecule has 0 aliphatic rings. The molecule has 3 atom stereocenters. The Morgan fingerprint density at radius 1 is 1.15 bits per heavy atom. The number of nitrogens with zero attached hydrogens (tertiary/aromatic N) is 1. The van der Waals surface area contributed by atoms with E-state index in [1.54, 1.807) is 0 Å². The monoisotopic (exact) mass is 481 g/mol. The largest absolute Gasteiger partial charge is 0.424 e. The van der Waals surface area contributed by atoms with Gasteiger partial charge < -0.3 is 14.7 Å². The van der Waals surface area contributed by atoms with Gasteiger partial charge in [0.25, 0.3) is 0 Å². The lowest BCUT2D eigenvalue weighted by atomic mass is 9.96. The summed E-state index contributed by atoms with van der Waals surface area (Å²) < 4.78 is 30.6. The number of halogens is 1. The molecular formula is C26H25FNO5P. The molecule has 2 N–H and O–H groups in total. The Morgan fingerprint density at radius 2 is 1.79 bits per heavy atom. The summed E-state index contributed by atoms with van der Waals surface area (Å²) >= 11 is 0. The first kappa shape index (κ1) is 25.3. The van der Waals surface area contributed by atoms with Gasteiger partial charge in [-0.3, -0.25) is 9.36 Å². The first-order chi connectivity index (χ1) is 16.2. The fourth-order valence-corrected chi connectivity index (χ4v) is 4.03. The van der Waals surface area contributed by atoms with Gasteiger partial charge in [-0.25, -0.2) is 9.37 Å². The zero-order chi connectivity index (χ0) is 24.8. The molecule has 0 amide bonds. The van der Waals surface area contributed by atoms with E-state index in [1.807, 2.05) is 56.2 Å². The quantitative estimate of drug-likeness (QED) is 0.273. The van der Waals surface area contributed by atoms with Gasteiger partial charge in [0.05, 0.1) is 18.2 Å². The van der Waals surface area contributed by atoms with Crippen molar-refractivity contribution >= 4 is 14.0 Å². The highest BCUT2D eigenvalue weighted by molar-refractivity contribution is 7.39. The summed E-state index contributed by atoms with van der Waals surface area (Å²) in [6.07, 6.45) is 3.10. The SMILES string of the molecule is C#CC(C(O)CC(=O)Oc1c(C(C)C)cc(-c2ccccc2)nc1-c1ccc(F)cc1)[PH](=O)O. The molecule has 0 aliphatic heterocycles. The number of aromatic nitrogens is 1. The van der Waals surface area contributed by atoms with Crippen molar-refractivity contribution in [2.45, 2.75) is 37.9 Å². The number of aliphatic hydroxyl groups is 1. The van der Waals surface area contributed by atoms with E-state index >= 15 is 0 Å². The fraction of sp³-hybridized carbons (Fsp3) is 0.231. The summed E-state index contributed by atoms with van der Waals surface area (Å²) in [7, 11) is -3.24. The second-order valence-corrected chi connectivity index (χ2v) is 9.33. The van der Waals surface area contributed by atoms with Gasteiger partial charge in [0.2, 0.25) is 8.03 Å².